The van der Waals surface area contributed by atoms with Crippen molar-refractivity contribution in [3.05, 3.63) is 88.3 Å². The highest BCUT2D eigenvalue weighted by molar-refractivity contribution is 5.84. The first-order chi connectivity index (χ1) is 16.9. The van der Waals surface area contributed by atoms with Gasteiger partial charge in [-0.15, -0.1) is 10.2 Å². The molecule has 0 spiro atoms. The Morgan fingerprint density at radius 2 is 1.69 bits per heavy atom. The fourth-order valence-electron chi connectivity index (χ4n) is 4.41. The lowest BCUT2D eigenvalue weighted by Gasteiger charge is -2.10. The highest BCUT2D eigenvalue weighted by atomic mass is 16.4. The van der Waals surface area contributed by atoms with Gasteiger partial charge in [-0.2, -0.15) is 0 Å². The van der Waals surface area contributed by atoms with Crippen LogP contribution in [0.3, 0.4) is 0 Å². The summed E-state index contributed by atoms with van der Waals surface area (Å²) in [5.74, 6) is 1.03. The number of hydrogen-bond acceptors (Lipinski definition) is 5. The van der Waals surface area contributed by atoms with E-state index in [9.17, 15) is 4.79 Å². The van der Waals surface area contributed by atoms with E-state index >= 15 is 0 Å². The molecule has 176 valence electrons. The molecule has 2 N–H and O–H groups in total. The van der Waals surface area contributed by atoms with Gasteiger partial charge >= 0.3 is 5.97 Å². The quantitative estimate of drug-likeness (QED) is 0.313. The highest BCUT2D eigenvalue weighted by Crippen LogP contribution is 2.30. The molecule has 3 aromatic carbocycles. The summed E-state index contributed by atoms with van der Waals surface area (Å²) in [7, 11) is 0. The van der Waals surface area contributed by atoms with Crippen molar-refractivity contribution in [3.63, 3.8) is 0 Å². The minimum atomic E-state index is -0.791. The number of aliphatic carboxylic acids is 1. The topological polar surface area (TPSA) is 105 Å². The third-order valence-electron chi connectivity index (χ3n) is 6.13. The Balaban J connectivity index is 1.41. The smallest absolute Gasteiger partial charge is 0.303 e. The van der Waals surface area contributed by atoms with Crippen molar-refractivity contribution in [1.82, 2.24) is 20.2 Å². The molecule has 7 nitrogen and oxygen atoms in total. The maximum absolute atomic E-state index is 10.9. The van der Waals surface area contributed by atoms with E-state index in [1.54, 1.807) is 0 Å². The van der Waals surface area contributed by atoms with Crippen molar-refractivity contribution in [1.29, 1.82) is 0 Å². The van der Waals surface area contributed by atoms with Crippen LogP contribution in [0, 0.1) is 20.8 Å². The first-order valence-corrected chi connectivity index (χ1v) is 11.6. The Hall–Kier alpha value is -4.26. The zero-order valence-corrected chi connectivity index (χ0v) is 19.9. The molecule has 0 fully saturated rings. The second kappa shape index (κ2) is 9.18. The van der Waals surface area contributed by atoms with Gasteiger partial charge in [0, 0.05) is 17.5 Å². The van der Waals surface area contributed by atoms with Crippen molar-refractivity contribution < 1.29 is 14.3 Å². The van der Waals surface area contributed by atoms with Gasteiger partial charge in [0.1, 0.15) is 5.82 Å². The molecule has 0 aliphatic carbocycles. The Morgan fingerprint density at radius 3 is 2.40 bits per heavy atom. The van der Waals surface area contributed by atoms with Gasteiger partial charge in [0.2, 0.25) is 11.8 Å². The first kappa shape index (κ1) is 22.5. The van der Waals surface area contributed by atoms with Crippen LogP contribution in [0.4, 0.5) is 0 Å². The van der Waals surface area contributed by atoms with Crippen molar-refractivity contribution in [2.75, 3.05) is 0 Å². The monoisotopic (exact) mass is 466 g/mol. The van der Waals surface area contributed by atoms with E-state index in [4.69, 9.17) is 14.5 Å². The largest absolute Gasteiger partial charge is 0.481 e. The predicted octanol–water partition coefficient (Wildman–Crippen LogP) is 5.81. The van der Waals surface area contributed by atoms with E-state index in [0.717, 1.165) is 50.2 Å². The normalized spacial score (nSPS) is 11.3. The second-order valence-corrected chi connectivity index (χ2v) is 8.98. The van der Waals surface area contributed by atoms with Crippen molar-refractivity contribution >= 4 is 17.0 Å². The van der Waals surface area contributed by atoms with Crippen LogP contribution in [0.2, 0.25) is 0 Å². The molecule has 0 unspecified atom stereocenters. The SMILES string of the molecule is Cc1ccc(Cc2nnc(-c3ccc4nc(-c5c(C)cc(CCC(=O)O)cc5C)[nH]c4c3)o2)cc1. The summed E-state index contributed by atoms with van der Waals surface area (Å²) in [5.41, 5.74) is 9.05. The van der Waals surface area contributed by atoms with Crippen LogP contribution in [0.1, 0.15) is 40.1 Å². The average Bonchev–Trinajstić information content (AvgIpc) is 3.45. The lowest BCUT2D eigenvalue weighted by Crippen LogP contribution is -1.99. The Morgan fingerprint density at radius 1 is 0.943 bits per heavy atom. The third kappa shape index (κ3) is 4.84. The Bertz CT molecular complexity index is 1510. The number of H-pyrrole nitrogens is 1. The molecule has 5 aromatic rings. The van der Waals surface area contributed by atoms with Crippen molar-refractivity contribution in [2.45, 2.75) is 40.0 Å². The Kier molecular flexibility index (Phi) is 5.91. The summed E-state index contributed by atoms with van der Waals surface area (Å²) in [6.45, 7) is 6.12. The highest BCUT2D eigenvalue weighted by Gasteiger charge is 2.15. The molecular formula is C28H26N4O3. The molecule has 0 bridgehead atoms. The lowest BCUT2D eigenvalue weighted by atomic mass is 9.97. The fraction of sp³-hybridized carbons (Fsp3) is 0.214. The van der Waals surface area contributed by atoms with E-state index < -0.39 is 5.97 Å². The minimum absolute atomic E-state index is 0.119. The number of benzene rings is 3. The summed E-state index contributed by atoms with van der Waals surface area (Å²) in [5, 5.41) is 17.4. The van der Waals surface area contributed by atoms with Crippen LogP contribution in [-0.4, -0.2) is 31.2 Å². The van der Waals surface area contributed by atoms with E-state index in [2.05, 4.69) is 46.4 Å². The van der Waals surface area contributed by atoms with Gasteiger partial charge in [0.15, 0.2) is 0 Å². The molecule has 2 heterocycles. The fourth-order valence-corrected chi connectivity index (χ4v) is 4.41. The number of carboxylic acids is 1. The molecule has 35 heavy (non-hydrogen) atoms. The number of carboxylic acid groups (broad SMARTS) is 1. The maximum Gasteiger partial charge on any atom is 0.303 e. The van der Waals surface area contributed by atoms with Crippen LogP contribution < -0.4 is 0 Å². The van der Waals surface area contributed by atoms with Gasteiger partial charge in [-0.25, -0.2) is 4.98 Å². The zero-order chi connectivity index (χ0) is 24.5. The number of carbonyl (C=O) groups is 1. The number of nitrogens with one attached hydrogen (secondary N) is 1. The van der Waals surface area contributed by atoms with Gasteiger partial charge in [-0.3, -0.25) is 4.79 Å². The summed E-state index contributed by atoms with van der Waals surface area (Å²) in [4.78, 5) is 19.2. The number of imidazole rings is 1. The van der Waals surface area contributed by atoms with Gasteiger partial charge in [0.05, 0.1) is 17.5 Å². The van der Waals surface area contributed by atoms with Crippen molar-refractivity contribution in [3.8, 4) is 22.8 Å². The van der Waals surface area contributed by atoms with Crippen LogP contribution >= 0.6 is 0 Å². The molecule has 0 saturated heterocycles. The van der Waals surface area contributed by atoms with E-state index in [-0.39, 0.29) is 6.42 Å². The molecule has 0 saturated carbocycles. The number of rotatable bonds is 7. The summed E-state index contributed by atoms with van der Waals surface area (Å²) < 4.78 is 5.94. The standard InChI is InChI=1S/C28H26N4O3/c1-16-4-6-19(7-5-16)14-24-31-32-28(35-24)21-9-10-22-23(15-21)30-27(29-22)26-17(2)12-20(13-18(26)3)8-11-25(33)34/h4-7,9-10,12-13,15H,8,11,14H2,1-3H3,(H,29,30)(H,33,34). The molecule has 5 rings (SSSR count). The molecule has 0 atom stereocenters. The second-order valence-electron chi connectivity index (χ2n) is 8.98. The van der Waals surface area contributed by atoms with E-state index in [0.29, 0.717) is 24.6 Å². The first-order valence-electron chi connectivity index (χ1n) is 11.6. The molecule has 7 heteroatoms. The minimum Gasteiger partial charge on any atom is -0.481 e. The molecule has 2 aromatic heterocycles. The number of fused-ring (bicyclic) bond motifs is 1. The van der Waals surface area contributed by atoms with E-state index in [1.165, 1.54) is 5.56 Å². The number of aryl methyl sites for hydroxylation is 4. The molecule has 0 aliphatic heterocycles. The number of nitrogens with zero attached hydrogens (tertiary/aromatic N) is 3. The summed E-state index contributed by atoms with van der Waals surface area (Å²) in [6.07, 6.45) is 1.22. The predicted molar refractivity (Wildman–Crippen MR) is 134 cm³/mol. The van der Waals surface area contributed by atoms with Crippen LogP contribution in [0.5, 0.6) is 0 Å². The maximum atomic E-state index is 10.9. The average molecular weight is 467 g/mol. The Labute approximate surface area is 202 Å². The molecule has 0 radical (unpaired) electrons. The molecular weight excluding hydrogens is 440 g/mol. The van der Waals surface area contributed by atoms with Crippen LogP contribution in [0.25, 0.3) is 33.9 Å². The number of aromatic amines is 1. The van der Waals surface area contributed by atoms with Crippen LogP contribution in [0.15, 0.2) is 59.0 Å². The summed E-state index contributed by atoms with van der Waals surface area (Å²) in [6, 6.07) is 18.2. The lowest BCUT2D eigenvalue weighted by molar-refractivity contribution is -0.136. The van der Waals surface area contributed by atoms with Crippen LogP contribution in [-0.2, 0) is 17.6 Å². The van der Waals surface area contributed by atoms with Gasteiger partial charge < -0.3 is 14.5 Å². The molecule has 0 aliphatic rings. The third-order valence-corrected chi connectivity index (χ3v) is 6.13. The van der Waals surface area contributed by atoms with Crippen molar-refractivity contribution in [2.24, 2.45) is 0 Å². The number of aromatic nitrogens is 4. The summed E-state index contributed by atoms with van der Waals surface area (Å²) >= 11 is 0. The zero-order valence-electron chi connectivity index (χ0n) is 19.9. The van der Waals surface area contributed by atoms with E-state index in [1.807, 2.05) is 44.2 Å². The molecule has 0 amide bonds. The van der Waals surface area contributed by atoms with Gasteiger partial charge in [-0.05, 0) is 67.6 Å². The van der Waals surface area contributed by atoms with Gasteiger partial charge in [0.25, 0.3) is 0 Å². The number of hydrogen-bond donors (Lipinski definition) is 2. The van der Waals surface area contributed by atoms with Gasteiger partial charge in [-0.1, -0.05) is 42.0 Å².